The van der Waals surface area contributed by atoms with Gasteiger partial charge in [0.15, 0.2) is 5.25 Å². The van der Waals surface area contributed by atoms with E-state index in [1.807, 2.05) is 5.32 Å². The summed E-state index contributed by atoms with van der Waals surface area (Å²) in [6, 6.07) is 3.26. The lowest BCUT2D eigenvalue weighted by Gasteiger charge is -2.20. The number of halogens is 2. The first kappa shape index (κ1) is 15.7. The zero-order valence-electron chi connectivity index (χ0n) is 10.6. The van der Waals surface area contributed by atoms with E-state index in [1.165, 1.54) is 25.1 Å². The average Bonchev–Trinajstić information content (AvgIpc) is 2.30. The minimum Gasteiger partial charge on any atom is -0.281 e. The maximum Gasteiger partial charge on any atom is 0.347 e. The molecule has 1 aliphatic rings. The third kappa shape index (κ3) is 3.34. The fourth-order valence-electron chi connectivity index (χ4n) is 1.76. The monoisotopic (exact) mass is 349 g/mol. The van der Waals surface area contributed by atoms with Crippen LogP contribution >= 0.6 is 23.2 Å². The summed E-state index contributed by atoms with van der Waals surface area (Å²) in [6.07, 6.45) is 0. The molecule has 0 fully saturated rings. The van der Waals surface area contributed by atoms with Crippen molar-refractivity contribution in [2.75, 3.05) is 4.72 Å². The van der Waals surface area contributed by atoms with Gasteiger partial charge >= 0.3 is 6.03 Å². The number of aliphatic imine (C=N–C) groups is 1. The highest BCUT2D eigenvalue weighted by atomic mass is 35.5. The van der Waals surface area contributed by atoms with Crippen LogP contribution in [0, 0.1) is 0 Å². The third-order valence-corrected chi connectivity index (χ3v) is 4.85. The van der Waals surface area contributed by atoms with Crippen molar-refractivity contribution < 1.29 is 18.0 Å². The second-order valence-electron chi connectivity index (χ2n) is 4.20. The molecule has 0 saturated carbocycles. The topological polar surface area (TPSA) is 105 Å². The summed E-state index contributed by atoms with van der Waals surface area (Å²) in [5, 5.41) is 0.639. The highest BCUT2D eigenvalue weighted by molar-refractivity contribution is 7.94. The van der Waals surface area contributed by atoms with Gasteiger partial charge in [0.25, 0.3) is 5.91 Å². The van der Waals surface area contributed by atoms with Crippen molar-refractivity contribution in [3.05, 3.63) is 28.2 Å². The van der Waals surface area contributed by atoms with E-state index in [-0.39, 0.29) is 16.4 Å². The maximum absolute atomic E-state index is 12.3. The molecule has 3 amide bonds. The Bertz CT molecular complexity index is 761. The standard InChI is InChI=1S/C11H9Cl2N3O4S/c1-5-9(10(17)15-11(18)14-5)21(19,20)16-8-3-2-6(12)4-7(8)13/h2-4,9,16H,1H3,(H,15,17,18). The number of benzene rings is 1. The summed E-state index contributed by atoms with van der Waals surface area (Å²) >= 11 is 11.6. The van der Waals surface area contributed by atoms with Gasteiger partial charge in [-0.05, 0) is 25.1 Å². The summed E-state index contributed by atoms with van der Waals surface area (Å²) in [5.74, 6) is -0.968. The van der Waals surface area contributed by atoms with Crippen molar-refractivity contribution in [1.82, 2.24) is 5.32 Å². The van der Waals surface area contributed by atoms with Gasteiger partial charge < -0.3 is 0 Å². The van der Waals surface area contributed by atoms with Gasteiger partial charge in [0.2, 0.25) is 10.0 Å². The number of rotatable bonds is 3. The molecule has 0 spiro atoms. The highest BCUT2D eigenvalue weighted by Crippen LogP contribution is 2.27. The largest absolute Gasteiger partial charge is 0.347 e. The van der Waals surface area contributed by atoms with Gasteiger partial charge in [-0.15, -0.1) is 0 Å². The zero-order chi connectivity index (χ0) is 15.8. The molecule has 0 aliphatic carbocycles. The molecule has 2 rings (SSSR count). The van der Waals surface area contributed by atoms with Gasteiger partial charge in [-0.25, -0.2) is 18.2 Å². The number of sulfonamides is 1. The summed E-state index contributed by atoms with van der Waals surface area (Å²) < 4.78 is 26.7. The molecule has 1 aliphatic heterocycles. The molecule has 0 aromatic heterocycles. The van der Waals surface area contributed by atoms with E-state index in [0.717, 1.165) is 0 Å². The van der Waals surface area contributed by atoms with Gasteiger partial charge in [-0.2, -0.15) is 0 Å². The molecule has 1 unspecified atom stereocenters. The number of amides is 3. The molecule has 7 nitrogen and oxygen atoms in total. The Morgan fingerprint density at radius 2 is 1.95 bits per heavy atom. The Kier molecular flexibility index (Phi) is 4.22. The second-order valence-corrected chi connectivity index (χ2v) is 6.81. The van der Waals surface area contributed by atoms with Crippen molar-refractivity contribution in [2.45, 2.75) is 12.2 Å². The van der Waals surface area contributed by atoms with E-state index in [4.69, 9.17) is 23.2 Å². The number of anilines is 1. The van der Waals surface area contributed by atoms with Gasteiger partial charge in [-0.1, -0.05) is 23.2 Å². The minimum absolute atomic E-state index is 0.0681. The first-order valence-corrected chi connectivity index (χ1v) is 7.87. The molecular formula is C11H9Cl2N3O4S. The van der Waals surface area contributed by atoms with Crippen LogP contribution in [0.4, 0.5) is 10.5 Å². The number of hydrogen-bond donors (Lipinski definition) is 2. The molecule has 0 radical (unpaired) electrons. The van der Waals surface area contributed by atoms with Crippen LogP contribution in [0.5, 0.6) is 0 Å². The van der Waals surface area contributed by atoms with Crippen LogP contribution in [-0.2, 0) is 14.8 Å². The number of nitrogens with zero attached hydrogens (tertiary/aromatic N) is 1. The number of nitrogens with one attached hydrogen (secondary N) is 2. The summed E-state index contributed by atoms with van der Waals surface area (Å²) in [6.45, 7) is 1.28. The Morgan fingerprint density at radius 3 is 2.52 bits per heavy atom. The van der Waals surface area contributed by atoms with Gasteiger partial charge in [0, 0.05) is 5.02 Å². The van der Waals surface area contributed by atoms with Gasteiger partial charge in [0.05, 0.1) is 16.4 Å². The molecule has 1 atom stereocenters. The lowest BCUT2D eigenvalue weighted by molar-refractivity contribution is -0.118. The van der Waals surface area contributed by atoms with Crippen LogP contribution in [0.25, 0.3) is 0 Å². The predicted octanol–water partition coefficient (Wildman–Crippen LogP) is 1.81. The fraction of sp³-hybridized carbons (Fsp3) is 0.182. The Balaban J connectivity index is 2.36. The van der Waals surface area contributed by atoms with Crippen LogP contribution in [0.15, 0.2) is 23.2 Å². The van der Waals surface area contributed by atoms with Crippen LogP contribution in [0.1, 0.15) is 6.92 Å². The molecule has 112 valence electrons. The fourth-order valence-corrected chi connectivity index (χ4v) is 3.71. The third-order valence-electron chi connectivity index (χ3n) is 2.62. The minimum atomic E-state index is -4.17. The average molecular weight is 350 g/mol. The SMILES string of the molecule is CC1=NC(=O)NC(=O)C1S(=O)(=O)Nc1ccc(Cl)cc1Cl. The molecule has 1 aromatic rings. The van der Waals surface area contributed by atoms with E-state index in [9.17, 15) is 18.0 Å². The van der Waals surface area contributed by atoms with Crippen LogP contribution in [0.3, 0.4) is 0 Å². The second kappa shape index (κ2) is 5.63. The van der Waals surface area contributed by atoms with Crippen molar-refractivity contribution in [3.63, 3.8) is 0 Å². The van der Waals surface area contributed by atoms with Crippen molar-refractivity contribution in [3.8, 4) is 0 Å². The van der Waals surface area contributed by atoms with E-state index in [1.54, 1.807) is 0 Å². The number of urea groups is 1. The molecule has 0 saturated heterocycles. The van der Waals surface area contributed by atoms with E-state index in [0.29, 0.717) is 5.02 Å². The lowest BCUT2D eigenvalue weighted by Crippen LogP contribution is -2.51. The number of carbonyl (C=O) groups is 2. The smallest absolute Gasteiger partial charge is 0.281 e. The van der Waals surface area contributed by atoms with Gasteiger partial charge in [0.1, 0.15) is 0 Å². The quantitative estimate of drug-likeness (QED) is 0.867. The summed E-state index contributed by atoms with van der Waals surface area (Å²) in [4.78, 5) is 26.2. The molecule has 10 heteroatoms. The van der Waals surface area contributed by atoms with E-state index in [2.05, 4.69) is 9.71 Å². The highest BCUT2D eigenvalue weighted by Gasteiger charge is 2.39. The summed E-state index contributed by atoms with van der Waals surface area (Å²) in [7, 11) is -4.17. The maximum atomic E-state index is 12.3. The molecule has 0 bridgehead atoms. The van der Waals surface area contributed by atoms with Crippen LogP contribution in [0.2, 0.25) is 10.0 Å². The Hall–Kier alpha value is -1.64. The number of carbonyl (C=O) groups excluding carboxylic acids is 2. The molecular weight excluding hydrogens is 341 g/mol. The molecule has 2 N–H and O–H groups in total. The van der Waals surface area contributed by atoms with Crippen molar-refractivity contribution >= 4 is 56.6 Å². The summed E-state index contributed by atoms with van der Waals surface area (Å²) in [5.41, 5.74) is -0.0556. The van der Waals surface area contributed by atoms with E-state index < -0.39 is 27.2 Å². The number of hydrogen-bond acceptors (Lipinski definition) is 4. The first-order chi connectivity index (χ1) is 9.70. The van der Waals surface area contributed by atoms with Crippen LogP contribution in [-0.4, -0.2) is 31.3 Å². The number of imide groups is 1. The predicted molar refractivity (Wildman–Crippen MR) is 79.4 cm³/mol. The molecule has 1 heterocycles. The molecule has 1 aromatic carbocycles. The lowest BCUT2D eigenvalue weighted by atomic mass is 10.2. The normalized spacial score (nSPS) is 19.0. The Morgan fingerprint density at radius 1 is 1.29 bits per heavy atom. The van der Waals surface area contributed by atoms with Crippen molar-refractivity contribution in [1.29, 1.82) is 0 Å². The van der Waals surface area contributed by atoms with Crippen LogP contribution < -0.4 is 10.0 Å². The Labute approximate surface area is 130 Å². The molecule has 21 heavy (non-hydrogen) atoms. The van der Waals surface area contributed by atoms with Gasteiger partial charge in [-0.3, -0.25) is 14.8 Å². The zero-order valence-corrected chi connectivity index (χ0v) is 12.9. The first-order valence-electron chi connectivity index (χ1n) is 5.57. The van der Waals surface area contributed by atoms with E-state index >= 15 is 0 Å². The van der Waals surface area contributed by atoms with Crippen molar-refractivity contribution in [2.24, 2.45) is 4.99 Å².